The molecule has 1 aromatic rings. The lowest BCUT2D eigenvalue weighted by atomic mass is 9.61. The molecule has 2 saturated carbocycles. The second-order valence-electron chi connectivity index (χ2n) is 9.32. The minimum Gasteiger partial charge on any atom is -0.490 e. The summed E-state index contributed by atoms with van der Waals surface area (Å²) in [5.41, 5.74) is 3.14. The summed E-state index contributed by atoms with van der Waals surface area (Å²) in [6.45, 7) is 5.19. The largest absolute Gasteiger partial charge is 0.490 e. The minimum absolute atomic E-state index is 0.682. The maximum absolute atomic E-state index is 5.84. The average molecular weight is 353 g/mol. The molecule has 0 amide bonds. The maximum atomic E-state index is 5.84. The third-order valence-corrected chi connectivity index (χ3v) is 7.61. The van der Waals surface area contributed by atoms with Crippen molar-refractivity contribution in [1.29, 1.82) is 0 Å². The second-order valence-corrected chi connectivity index (χ2v) is 9.32. The molecule has 3 aliphatic rings. The summed E-state index contributed by atoms with van der Waals surface area (Å²) in [6.07, 6.45) is 17.1. The monoisotopic (exact) mass is 352 g/mol. The Labute approximate surface area is 160 Å². The van der Waals surface area contributed by atoms with E-state index in [0.717, 1.165) is 35.3 Å². The van der Waals surface area contributed by atoms with E-state index in [1.54, 1.807) is 11.1 Å². The maximum Gasteiger partial charge on any atom is 0.120 e. The summed E-state index contributed by atoms with van der Waals surface area (Å²) >= 11 is 0. The molecule has 0 bridgehead atoms. The molecule has 1 heteroatoms. The van der Waals surface area contributed by atoms with Crippen molar-refractivity contribution in [2.24, 2.45) is 29.6 Å². The molecule has 0 heterocycles. The average Bonchev–Trinajstić information content (AvgIpc) is 2.67. The Kier molecular flexibility index (Phi) is 5.72. The predicted octanol–water partition coefficient (Wildman–Crippen LogP) is 6.60. The fourth-order valence-corrected chi connectivity index (χ4v) is 6.08. The summed E-state index contributed by atoms with van der Waals surface area (Å²) in [5, 5.41) is 0. The van der Waals surface area contributed by atoms with Gasteiger partial charge in [-0.1, -0.05) is 31.6 Å². The molecule has 0 saturated heterocycles. The van der Waals surface area contributed by atoms with Crippen LogP contribution in [0.5, 0.6) is 5.75 Å². The van der Waals surface area contributed by atoms with Crippen LogP contribution in [0.3, 0.4) is 0 Å². The first kappa shape index (κ1) is 18.1. The van der Waals surface area contributed by atoms with Crippen LogP contribution < -0.4 is 4.74 Å². The van der Waals surface area contributed by atoms with Crippen LogP contribution >= 0.6 is 0 Å². The minimum atomic E-state index is 0.682. The molecule has 4 rings (SSSR count). The zero-order chi connectivity index (χ0) is 17.9. The van der Waals surface area contributed by atoms with Crippen molar-refractivity contribution >= 4 is 0 Å². The van der Waals surface area contributed by atoms with Gasteiger partial charge in [0.25, 0.3) is 0 Å². The van der Waals surface area contributed by atoms with Crippen LogP contribution in [0.4, 0.5) is 0 Å². The molecule has 1 aromatic carbocycles. The Hall–Kier alpha value is -1.24. The third-order valence-electron chi connectivity index (χ3n) is 7.61. The van der Waals surface area contributed by atoms with Crippen LogP contribution in [-0.2, 0) is 12.8 Å². The highest BCUT2D eigenvalue weighted by atomic mass is 16.5. The van der Waals surface area contributed by atoms with E-state index in [2.05, 4.69) is 31.2 Å². The van der Waals surface area contributed by atoms with Crippen molar-refractivity contribution in [3.8, 4) is 5.75 Å². The summed E-state index contributed by atoms with van der Waals surface area (Å²) < 4.78 is 5.84. The molecule has 0 aliphatic heterocycles. The smallest absolute Gasteiger partial charge is 0.120 e. The molecule has 142 valence electrons. The van der Waals surface area contributed by atoms with Crippen molar-refractivity contribution in [2.45, 2.75) is 71.6 Å². The highest BCUT2D eigenvalue weighted by Crippen LogP contribution is 2.48. The SMILES string of the molecule is C/C=C/COc1ccc2c(c1)CCC(C1CCC3CC(C)CCC3C1)C2. The van der Waals surface area contributed by atoms with Crippen molar-refractivity contribution in [3.63, 3.8) is 0 Å². The van der Waals surface area contributed by atoms with Crippen LogP contribution in [0.15, 0.2) is 30.4 Å². The van der Waals surface area contributed by atoms with Gasteiger partial charge in [-0.2, -0.15) is 0 Å². The van der Waals surface area contributed by atoms with Gasteiger partial charge in [0.1, 0.15) is 12.4 Å². The molecule has 0 aromatic heterocycles. The molecule has 3 aliphatic carbocycles. The molecule has 0 radical (unpaired) electrons. The van der Waals surface area contributed by atoms with E-state index < -0.39 is 0 Å². The molecular weight excluding hydrogens is 316 g/mol. The van der Waals surface area contributed by atoms with Crippen molar-refractivity contribution < 1.29 is 4.74 Å². The van der Waals surface area contributed by atoms with Gasteiger partial charge in [0, 0.05) is 0 Å². The van der Waals surface area contributed by atoms with E-state index in [1.165, 1.54) is 57.8 Å². The number of allylic oxidation sites excluding steroid dienone is 1. The van der Waals surface area contributed by atoms with Crippen LogP contribution in [-0.4, -0.2) is 6.61 Å². The van der Waals surface area contributed by atoms with Gasteiger partial charge in [0.05, 0.1) is 0 Å². The lowest BCUT2D eigenvalue weighted by molar-refractivity contribution is 0.0757. The van der Waals surface area contributed by atoms with Crippen LogP contribution in [0.1, 0.15) is 69.9 Å². The summed E-state index contributed by atoms with van der Waals surface area (Å²) in [6, 6.07) is 6.83. The highest BCUT2D eigenvalue weighted by molar-refractivity contribution is 5.37. The molecule has 5 unspecified atom stereocenters. The van der Waals surface area contributed by atoms with Gasteiger partial charge in [-0.15, -0.1) is 0 Å². The third kappa shape index (κ3) is 4.02. The van der Waals surface area contributed by atoms with Crippen molar-refractivity contribution in [2.75, 3.05) is 6.61 Å². The fraction of sp³-hybridized carbons (Fsp3) is 0.680. The highest BCUT2D eigenvalue weighted by Gasteiger charge is 2.37. The van der Waals surface area contributed by atoms with E-state index in [1.807, 2.05) is 13.0 Å². The number of benzene rings is 1. The molecule has 0 N–H and O–H groups in total. The Morgan fingerprint density at radius 2 is 1.69 bits per heavy atom. The lowest BCUT2D eigenvalue weighted by Crippen LogP contribution is -2.34. The number of rotatable bonds is 4. The quantitative estimate of drug-likeness (QED) is 0.555. The Morgan fingerprint density at radius 3 is 2.54 bits per heavy atom. The summed E-state index contributed by atoms with van der Waals surface area (Å²) in [7, 11) is 0. The topological polar surface area (TPSA) is 9.23 Å². The summed E-state index contributed by atoms with van der Waals surface area (Å²) in [5.74, 6) is 6.05. The van der Waals surface area contributed by atoms with Crippen LogP contribution in [0, 0.1) is 29.6 Å². The zero-order valence-electron chi connectivity index (χ0n) is 16.8. The van der Waals surface area contributed by atoms with Crippen molar-refractivity contribution in [3.05, 3.63) is 41.5 Å². The van der Waals surface area contributed by atoms with Gasteiger partial charge in [0.15, 0.2) is 0 Å². The standard InChI is InChI=1S/C25H36O/c1-3-4-13-26-25-12-11-23-16-22(9-10-24(23)17-25)21-8-7-19-14-18(2)5-6-20(19)15-21/h3-4,11-12,17-22H,5-10,13-16H2,1-2H3/b4-3+. The number of hydrogen-bond donors (Lipinski definition) is 0. The number of fused-ring (bicyclic) bond motifs is 2. The van der Waals surface area contributed by atoms with E-state index in [-0.39, 0.29) is 0 Å². The van der Waals surface area contributed by atoms with Crippen LogP contribution in [0.25, 0.3) is 0 Å². The molecule has 5 atom stereocenters. The Balaban J connectivity index is 1.36. The molecule has 0 spiro atoms. The van der Waals surface area contributed by atoms with Gasteiger partial charge in [-0.25, -0.2) is 0 Å². The molecular formula is C25H36O. The van der Waals surface area contributed by atoms with Crippen LogP contribution in [0.2, 0.25) is 0 Å². The molecule has 26 heavy (non-hydrogen) atoms. The number of hydrogen-bond acceptors (Lipinski definition) is 1. The number of ether oxygens (including phenoxy) is 1. The van der Waals surface area contributed by atoms with E-state index in [4.69, 9.17) is 4.74 Å². The molecule has 2 fully saturated rings. The van der Waals surface area contributed by atoms with E-state index in [0.29, 0.717) is 6.61 Å². The van der Waals surface area contributed by atoms with E-state index in [9.17, 15) is 0 Å². The van der Waals surface area contributed by atoms with Gasteiger partial charge < -0.3 is 4.74 Å². The first-order valence-corrected chi connectivity index (χ1v) is 11.1. The van der Waals surface area contributed by atoms with Gasteiger partial charge in [-0.05, 0) is 111 Å². The normalized spacial score (nSPS) is 34.3. The molecule has 1 nitrogen and oxygen atoms in total. The fourth-order valence-electron chi connectivity index (χ4n) is 6.08. The van der Waals surface area contributed by atoms with Crippen molar-refractivity contribution in [1.82, 2.24) is 0 Å². The Bertz CT molecular complexity index is 631. The Morgan fingerprint density at radius 1 is 0.923 bits per heavy atom. The zero-order valence-corrected chi connectivity index (χ0v) is 16.8. The second kappa shape index (κ2) is 8.19. The van der Waals surface area contributed by atoms with Gasteiger partial charge in [0.2, 0.25) is 0 Å². The summed E-state index contributed by atoms with van der Waals surface area (Å²) in [4.78, 5) is 0. The first-order valence-electron chi connectivity index (χ1n) is 11.1. The lowest BCUT2D eigenvalue weighted by Gasteiger charge is -2.44. The first-order chi connectivity index (χ1) is 12.7. The van der Waals surface area contributed by atoms with Gasteiger partial charge >= 0.3 is 0 Å². The predicted molar refractivity (Wildman–Crippen MR) is 110 cm³/mol. The van der Waals surface area contributed by atoms with Gasteiger partial charge in [-0.3, -0.25) is 0 Å². The van der Waals surface area contributed by atoms with E-state index >= 15 is 0 Å². The number of aryl methyl sites for hydroxylation is 1.